The number of likely N-dealkylation sites (tertiary alicyclic amines) is 1. The van der Waals surface area contributed by atoms with Crippen LogP contribution >= 0.6 is 0 Å². The summed E-state index contributed by atoms with van der Waals surface area (Å²) in [4.78, 5) is 17.1. The number of rotatable bonds is 1. The highest BCUT2D eigenvalue weighted by molar-refractivity contribution is 5.92. The molecule has 16 heavy (non-hydrogen) atoms. The van der Waals surface area contributed by atoms with Crippen molar-refractivity contribution in [2.24, 2.45) is 5.92 Å². The van der Waals surface area contributed by atoms with Crippen LogP contribution < -0.4 is 5.32 Å². The van der Waals surface area contributed by atoms with Gasteiger partial charge in [0.2, 0.25) is 0 Å². The van der Waals surface area contributed by atoms with Gasteiger partial charge in [0, 0.05) is 25.3 Å². The maximum absolute atomic E-state index is 12.1. The molecule has 1 amide bonds. The number of piperidine rings is 1. The number of carbonyl (C=O) groups excluding carboxylic acids is 1. The molecule has 2 aliphatic heterocycles. The number of hydrogen-bond acceptors (Lipinski definition) is 2. The molecule has 3 rings (SSSR count). The molecule has 2 atom stereocenters. The van der Waals surface area contributed by atoms with Crippen LogP contribution in [0.3, 0.4) is 0 Å². The number of aromatic nitrogens is 1. The van der Waals surface area contributed by atoms with Gasteiger partial charge >= 0.3 is 0 Å². The van der Waals surface area contributed by atoms with Crippen molar-refractivity contribution in [3.63, 3.8) is 0 Å². The van der Waals surface area contributed by atoms with Gasteiger partial charge in [0.25, 0.3) is 5.91 Å². The van der Waals surface area contributed by atoms with Crippen LogP contribution in [0.5, 0.6) is 0 Å². The first kappa shape index (κ1) is 9.90. The first-order valence-corrected chi connectivity index (χ1v) is 6.00. The van der Waals surface area contributed by atoms with Gasteiger partial charge in [0.05, 0.1) is 0 Å². The molecular formula is C12H17N3O. The zero-order valence-electron chi connectivity index (χ0n) is 9.28. The average molecular weight is 219 g/mol. The summed E-state index contributed by atoms with van der Waals surface area (Å²) in [6, 6.07) is 4.24. The molecule has 4 nitrogen and oxygen atoms in total. The number of H-pyrrole nitrogens is 1. The molecule has 0 bridgehead atoms. The normalized spacial score (nSPS) is 29.1. The van der Waals surface area contributed by atoms with Gasteiger partial charge in [-0.3, -0.25) is 4.79 Å². The molecular weight excluding hydrogens is 202 g/mol. The Morgan fingerprint density at radius 3 is 3.12 bits per heavy atom. The van der Waals surface area contributed by atoms with Crippen LogP contribution in [0.25, 0.3) is 0 Å². The highest BCUT2D eigenvalue weighted by Crippen LogP contribution is 2.25. The Morgan fingerprint density at radius 2 is 2.38 bits per heavy atom. The summed E-state index contributed by atoms with van der Waals surface area (Å²) in [5, 5.41) is 3.51. The molecule has 1 aromatic rings. The second-order valence-electron chi connectivity index (χ2n) is 4.76. The van der Waals surface area contributed by atoms with Crippen molar-refractivity contribution < 1.29 is 4.79 Å². The summed E-state index contributed by atoms with van der Waals surface area (Å²) in [5.41, 5.74) is 0.707. The van der Waals surface area contributed by atoms with Crippen LogP contribution in [0.15, 0.2) is 18.3 Å². The van der Waals surface area contributed by atoms with E-state index < -0.39 is 0 Å². The fourth-order valence-electron chi connectivity index (χ4n) is 2.85. The van der Waals surface area contributed by atoms with E-state index in [1.165, 1.54) is 12.8 Å². The zero-order valence-corrected chi connectivity index (χ0v) is 9.28. The van der Waals surface area contributed by atoms with Gasteiger partial charge in [-0.25, -0.2) is 0 Å². The Kier molecular flexibility index (Phi) is 2.44. The van der Waals surface area contributed by atoms with Crippen LogP contribution in [-0.2, 0) is 0 Å². The lowest BCUT2D eigenvalue weighted by molar-refractivity contribution is 0.0780. The van der Waals surface area contributed by atoms with Crippen LogP contribution in [0.1, 0.15) is 23.3 Å². The molecule has 3 heterocycles. The molecule has 4 heteroatoms. The predicted octanol–water partition coefficient (Wildman–Crippen LogP) is 0.839. The van der Waals surface area contributed by atoms with Gasteiger partial charge in [-0.05, 0) is 37.4 Å². The zero-order chi connectivity index (χ0) is 11.0. The molecule has 0 spiro atoms. The number of amides is 1. The highest BCUT2D eigenvalue weighted by atomic mass is 16.2. The van der Waals surface area contributed by atoms with Crippen molar-refractivity contribution in [2.45, 2.75) is 18.9 Å². The fraction of sp³-hybridized carbons (Fsp3) is 0.583. The van der Waals surface area contributed by atoms with Gasteiger partial charge in [-0.2, -0.15) is 0 Å². The van der Waals surface area contributed by atoms with Gasteiger partial charge in [-0.1, -0.05) is 0 Å². The molecule has 2 fully saturated rings. The number of nitrogens with zero attached hydrogens (tertiary/aromatic N) is 1. The van der Waals surface area contributed by atoms with Crippen molar-refractivity contribution in [3.8, 4) is 0 Å². The molecule has 2 N–H and O–H groups in total. The van der Waals surface area contributed by atoms with Crippen LogP contribution in [0, 0.1) is 5.92 Å². The number of hydrogen-bond donors (Lipinski definition) is 2. The number of fused-ring (bicyclic) bond motifs is 1. The van der Waals surface area contributed by atoms with Crippen molar-refractivity contribution >= 4 is 5.91 Å². The van der Waals surface area contributed by atoms with E-state index in [1.54, 1.807) is 6.20 Å². The summed E-state index contributed by atoms with van der Waals surface area (Å²) >= 11 is 0. The van der Waals surface area contributed by atoms with Crippen molar-refractivity contribution in [2.75, 3.05) is 19.6 Å². The van der Waals surface area contributed by atoms with Gasteiger partial charge in [0.15, 0.2) is 0 Å². The monoisotopic (exact) mass is 219 g/mol. The lowest BCUT2D eigenvalue weighted by Crippen LogP contribution is -2.41. The third-order valence-corrected chi connectivity index (χ3v) is 3.71. The van der Waals surface area contributed by atoms with E-state index in [4.69, 9.17) is 0 Å². The summed E-state index contributed by atoms with van der Waals surface area (Å²) in [6.45, 7) is 2.88. The molecule has 86 valence electrons. The topological polar surface area (TPSA) is 48.1 Å². The molecule has 0 saturated carbocycles. The summed E-state index contributed by atoms with van der Waals surface area (Å²) in [7, 11) is 0. The van der Waals surface area contributed by atoms with E-state index in [0.29, 0.717) is 17.7 Å². The minimum Gasteiger partial charge on any atom is -0.357 e. The standard InChI is InChI=1S/C12H17N3O/c16-12(10-4-2-6-13-10)15-7-9-3-1-5-14-11(9)8-15/h2,4,6,9,11,13-14H,1,3,5,7-8H2/t9-,11+/m0/s1. The molecule has 1 aromatic heterocycles. The molecule has 0 aliphatic carbocycles. The molecule has 0 radical (unpaired) electrons. The van der Waals surface area contributed by atoms with Gasteiger partial charge in [0.1, 0.15) is 5.69 Å². The van der Waals surface area contributed by atoms with E-state index >= 15 is 0 Å². The lowest BCUT2D eigenvalue weighted by atomic mass is 9.94. The Balaban J connectivity index is 1.71. The fourth-order valence-corrected chi connectivity index (χ4v) is 2.85. The predicted molar refractivity (Wildman–Crippen MR) is 61.2 cm³/mol. The minimum absolute atomic E-state index is 0.140. The van der Waals surface area contributed by atoms with E-state index in [2.05, 4.69) is 10.3 Å². The Morgan fingerprint density at radius 1 is 1.44 bits per heavy atom. The lowest BCUT2D eigenvalue weighted by Gasteiger charge is -2.24. The summed E-state index contributed by atoms with van der Waals surface area (Å²) < 4.78 is 0. The number of aromatic amines is 1. The molecule has 2 saturated heterocycles. The summed E-state index contributed by atoms with van der Waals surface area (Å²) in [6.07, 6.45) is 4.30. The van der Waals surface area contributed by atoms with Crippen molar-refractivity contribution in [1.82, 2.24) is 15.2 Å². The Hall–Kier alpha value is -1.29. The third-order valence-electron chi connectivity index (χ3n) is 3.71. The number of carbonyl (C=O) groups is 1. The Labute approximate surface area is 95.0 Å². The first-order valence-electron chi connectivity index (χ1n) is 6.00. The minimum atomic E-state index is 0.140. The van der Waals surface area contributed by atoms with Crippen LogP contribution in [-0.4, -0.2) is 41.5 Å². The van der Waals surface area contributed by atoms with Crippen molar-refractivity contribution in [1.29, 1.82) is 0 Å². The average Bonchev–Trinajstić information content (AvgIpc) is 2.97. The van der Waals surface area contributed by atoms with E-state index in [1.807, 2.05) is 17.0 Å². The largest absolute Gasteiger partial charge is 0.357 e. The van der Waals surface area contributed by atoms with Crippen LogP contribution in [0.4, 0.5) is 0 Å². The van der Waals surface area contributed by atoms with E-state index in [-0.39, 0.29) is 5.91 Å². The molecule has 2 aliphatic rings. The maximum atomic E-state index is 12.1. The Bertz CT molecular complexity index is 360. The molecule has 0 aromatic carbocycles. The second kappa shape index (κ2) is 3.94. The van der Waals surface area contributed by atoms with E-state index in [9.17, 15) is 4.79 Å². The SMILES string of the molecule is O=C(c1ccc[nH]1)N1C[C@@H]2CCCN[C@@H]2C1. The molecule has 0 unspecified atom stereocenters. The van der Waals surface area contributed by atoms with Gasteiger partial charge in [-0.15, -0.1) is 0 Å². The first-order chi connectivity index (χ1) is 7.84. The van der Waals surface area contributed by atoms with Crippen LogP contribution in [0.2, 0.25) is 0 Å². The quantitative estimate of drug-likeness (QED) is 0.735. The third kappa shape index (κ3) is 1.63. The van der Waals surface area contributed by atoms with Gasteiger partial charge < -0.3 is 15.2 Å². The van der Waals surface area contributed by atoms with E-state index in [0.717, 1.165) is 19.6 Å². The number of nitrogens with one attached hydrogen (secondary N) is 2. The van der Waals surface area contributed by atoms with Crippen molar-refractivity contribution in [3.05, 3.63) is 24.0 Å². The highest BCUT2D eigenvalue weighted by Gasteiger charge is 2.36. The second-order valence-corrected chi connectivity index (χ2v) is 4.76. The maximum Gasteiger partial charge on any atom is 0.270 e. The smallest absolute Gasteiger partial charge is 0.270 e. The summed E-state index contributed by atoms with van der Waals surface area (Å²) in [5.74, 6) is 0.800.